The van der Waals surface area contributed by atoms with Gasteiger partial charge in [-0.15, -0.1) is 0 Å². The smallest absolute Gasteiger partial charge is 0.315 e. The Morgan fingerprint density at radius 3 is 1.82 bits per heavy atom. The Morgan fingerprint density at radius 2 is 1.45 bits per heavy atom. The van der Waals surface area contributed by atoms with E-state index in [1.165, 1.54) is 6.92 Å². The van der Waals surface area contributed by atoms with Gasteiger partial charge in [0.1, 0.15) is 6.04 Å². The molecule has 0 aliphatic heterocycles. The van der Waals surface area contributed by atoms with Crippen molar-refractivity contribution in [1.29, 1.82) is 0 Å². The molecule has 22 heavy (non-hydrogen) atoms. The van der Waals surface area contributed by atoms with Crippen LogP contribution < -0.4 is 5.32 Å². The van der Waals surface area contributed by atoms with Gasteiger partial charge in [-0.05, 0) is 46.2 Å². The largest absolute Gasteiger partial charge is 0.520 e. The van der Waals surface area contributed by atoms with Crippen molar-refractivity contribution in [2.24, 2.45) is 0 Å². The summed E-state index contributed by atoms with van der Waals surface area (Å²) in [6.45, 7) is 16.2. The minimum atomic E-state index is -2.13. The van der Waals surface area contributed by atoms with Gasteiger partial charge in [0.25, 0.3) is 5.97 Å². The summed E-state index contributed by atoms with van der Waals surface area (Å²) in [4.78, 5) is 35.9. The third-order valence-electron chi connectivity index (χ3n) is 2.18. The third-order valence-corrected chi connectivity index (χ3v) is 3.83. The van der Waals surface area contributed by atoms with Crippen molar-refractivity contribution in [2.45, 2.75) is 58.7 Å². The summed E-state index contributed by atoms with van der Waals surface area (Å²) in [7, 11) is -4.18. The van der Waals surface area contributed by atoms with Crippen LogP contribution in [0, 0.1) is 0 Å². The summed E-state index contributed by atoms with van der Waals surface area (Å²) in [5.74, 6) is -1.61. The molecule has 0 saturated heterocycles. The third kappa shape index (κ3) is 9.51. The van der Waals surface area contributed by atoms with Crippen LogP contribution in [0.4, 0.5) is 0 Å². The van der Waals surface area contributed by atoms with E-state index < -0.39 is 40.5 Å². The van der Waals surface area contributed by atoms with Gasteiger partial charge in [-0.25, -0.2) is 0 Å². The molecule has 0 radical (unpaired) electrons. The molecule has 0 aromatic heterocycles. The fraction of sp³-hybridized carbons (Fsp3) is 0.643. The number of amides is 1. The van der Waals surface area contributed by atoms with Crippen LogP contribution in [0.5, 0.6) is 0 Å². The average Bonchev–Trinajstić information content (AvgIpc) is 2.22. The van der Waals surface area contributed by atoms with Crippen LogP contribution in [0.3, 0.4) is 0 Å². The molecule has 126 valence electrons. The summed E-state index contributed by atoms with van der Waals surface area (Å²) < 4.78 is 10.7. The number of rotatable bonds is 7. The van der Waals surface area contributed by atoms with E-state index in [1.54, 1.807) is 0 Å². The molecule has 0 aromatic carbocycles. The molecule has 0 bridgehead atoms. The first-order valence-electron chi connectivity index (χ1n) is 7.12. The minimum absolute atomic E-state index is 0.243. The van der Waals surface area contributed by atoms with Crippen molar-refractivity contribution in [3.05, 3.63) is 12.2 Å². The van der Waals surface area contributed by atoms with Gasteiger partial charge in [0.05, 0.1) is 6.42 Å². The lowest BCUT2D eigenvalue weighted by molar-refractivity contribution is -0.144. The van der Waals surface area contributed by atoms with E-state index in [9.17, 15) is 14.4 Å². The van der Waals surface area contributed by atoms with Crippen LogP contribution in [0.25, 0.3) is 0 Å². The number of nitrogens with one attached hydrogen (secondary N) is 1. The van der Waals surface area contributed by atoms with E-state index in [0.717, 1.165) is 0 Å². The standard InChI is InChI=1S/C14H27NO5Si2/c1-10(2)13(17)15-11(14(18)20-22(6,7)8)9-12(16)19-21(3,4)5/h11H,1,9H2,2-8H3,(H,15,17). The first kappa shape index (κ1) is 20.6. The SMILES string of the molecule is C=C(C)C(=O)NC(CC(=O)O[Si](C)(C)C)C(=O)O[Si](C)(C)C. The summed E-state index contributed by atoms with van der Waals surface area (Å²) in [5, 5.41) is 2.48. The predicted molar refractivity (Wildman–Crippen MR) is 90.2 cm³/mol. The van der Waals surface area contributed by atoms with Crippen LogP contribution in [0.2, 0.25) is 39.3 Å². The molecule has 0 heterocycles. The maximum atomic E-state index is 12.2. The van der Waals surface area contributed by atoms with Gasteiger partial charge in [-0.2, -0.15) is 0 Å². The van der Waals surface area contributed by atoms with Gasteiger partial charge in [-0.3, -0.25) is 14.4 Å². The second-order valence-corrected chi connectivity index (χ2v) is 16.0. The van der Waals surface area contributed by atoms with E-state index in [2.05, 4.69) is 11.9 Å². The Labute approximate surface area is 134 Å². The topological polar surface area (TPSA) is 81.7 Å². The maximum Gasteiger partial charge on any atom is 0.315 e. The zero-order valence-electron chi connectivity index (χ0n) is 14.5. The monoisotopic (exact) mass is 345 g/mol. The van der Waals surface area contributed by atoms with E-state index >= 15 is 0 Å². The highest BCUT2D eigenvalue weighted by Crippen LogP contribution is 2.10. The highest BCUT2D eigenvalue weighted by atomic mass is 28.4. The molecule has 0 aromatic rings. The normalized spacial score (nSPS) is 13.0. The van der Waals surface area contributed by atoms with Crippen LogP contribution in [-0.4, -0.2) is 40.5 Å². The molecular formula is C14H27NO5Si2. The van der Waals surface area contributed by atoms with E-state index in [0.29, 0.717) is 0 Å². The Kier molecular flexibility index (Phi) is 7.23. The Hall–Kier alpha value is -1.42. The molecule has 1 amide bonds. The summed E-state index contributed by atoms with van der Waals surface area (Å²) in [5.41, 5.74) is 0.254. The van der Waals surface area contributed by atoms with Crippen molar-refractivity contribution >= 4 is 34.5 Å². The van der Waals surface area contributed by atoms with Crippen molar-refractivity contribution < 1.29 is 23.2 Å². The van der Waals surface area contributed by atoms with Crippen LogP contribution >= 0.6 is 0 Å². The van der Waals surface area contributed by atoms with Gasteiger partial charge >= 0.3 is 5.97 Å². The molecule has 0 rings (SSSR count). The van der Waals surface area contributed by atoms with Crippen molar-refractivity contribution in [1.82, 2.24) is 5.32 Å². The van der Waals surface area contributed by atoms with Crippen molar-refractivity contribution in [3.8, 4) is 0 Å². The van der Waals surface area contributed by atoms with Crippen LogP contribution in [0.15, 0.2) is 12.2 Å². The fourth-order valence-electron chi connectivity index (χ4n) is 1.40. The van der Waals surface area contributed by atoms with Crippen LogP contribution in [0.1, 0.15) is 13.3 Å². The molecule has 0 spiro atoms. The highest BCUT2D eigenvalue weighted by Gasteiger charge is 2.31. The predicted octanol–water partition coefficient (Wildman–Crippen LogP) is 2.19. The molecule has 0 saturated carbocycles. The zero-order valence-corrected chi connectivity index (χ0v) is 16.5. The second kappa shape index (κ2) is 7.73. The Morgan fingerprint density at radius 1 is 1.00 bits per heavy atom. The minimum Gasteiger partial charge on any atom is -0.520 e. The van der Waals surface area contributed by atoms with Crippen molar-refractivity contribution in [2.75, 3.05) is 0 Å². The van der Waals surface area contributed by atoms with E-state index in [4.69, 9.17) is 8.85 Å². The molecule has 0 fully saturated rings. The highest BCUT2D eigenvalue weighted by molar-refractivity contribution is 6.71. The summed E-state index contributed by atoms with van der Waals surface area (Å²) >= 11 is 0. The molecule has 0 aliphatic rings. The van der Waals surface area contributed by atoms with Gasteiger partial charge in [0.15, 0.2) is 0 Å². The maximum absolute atomic E-state index is 12.2. The molecule has 6 nitrogen and oxygen atoms in total. The van der Waals surface area contributed by atoms with Crippen molar-refractivity contribution in [3.63, 3.8) is 0 Å². The quantitative estimate of drug-likeness (QED) is 0.565. The van der Waals surface area contributed by atoms with Gasteiger partial charge in [0, 0.05) is 5.57 Å². The van der Waals surface area contributed by atoms with Crippen LogP contribution in [-0.2, 0) is 23.2 Å². The number of carbonyl (C=O) groups excluding carboxylic acids is 3. The zero-order chi connectivity index (χ0) is 17.7. The lowest BCUT2D eigenvalue weighted by Gasteiger charge is -2.24. The Bertz CT molecular complexity index is 463. The molecule has 1 N–H and O–H groups in total. The van der Waals surface area contributed by atoms with Gasteiger partial charge < -0.3 is 14.2 Å². The molecule has 1 unspecified atom stereocenters. The number of hydrogen-bond donors (Lipinski definition) is 1. The lowest BCUT2D eigenvalue weighted by Crippen LogP contribution is -2.47. The summed E-state index contributed by atoms with van der Waals surface area (Å²) in [6.07, 6.45) is -0.243. The summed E-state index contributed by atoms with van der Waals surface area (Å²) in [6, 6.07) is -1.06. The number of hydrogen-bond acceptors (Lipinski definition) is 5. The van der Waals surface area contributed by atoms with E-state index in [-0.39, 0.29) is 12.0 Å². The fourth-order valence-corrected chi connectivity index (χ4v) is 2.91. The lowest BCUT2D eigenvalue weighted by atomic mass is 10.2. The Balaban J connectivity index is 5.01. The van der Waals surface area contributed by atoms with Gasteiger partial charge in [-0.1, -0.05) is 6.58 Å². The van der Waals surface area contributed by atoms with E-state index in [1.807, 2.05) is 39.3 Å². The number of carbonyl (C=O) groups is 3. The molecule has 0 aliphatic carbocycles. The molecule has 1 atom stereocenters. The molecular weight excluding hydrogens is 318 g/mol. The first-order chi connectivity index (χ1) is 9.71. The molecule has 8 heteroatoms. The van der Waals surface area contributed by atoms with Gasteiger partial charge in [0.2, 0.25) is 22.5 Å². The second-order valence-electron chi connectivity index (χ2n) is 7.13. The average molecular weight is 346 g/mol. The first-order valence-corrected chi connectivity index (χ1v) is 13.9.